The second-order valence-corrected chi connectivity index (χ2v) is 8.12. The van der Waals surface area contributed by atoms with Crippen LogP contribution >= 0.6 is 0 Å². The second-order valence-electron chi connectivity index (χ2n) is 8.12. The summed E-state index contributed by atoms with van der Waals surface area (Å²) >= 11 is 0. The van der Waals surface area contributed by atoms with Gasteiger partial charge in [0, 0.05) is 0 Å². The van der Waals surface area contributed by atoms with Gasteiger partial charge in [-0.05, 0) is 62.5 Å². The molecule has 4 aliphatic rings. The number of fused-ring (bicyclic) bond motifs is 1. The highest BCUT2D eigenvalue weighted by molar-refractivity contribution is 5.78. The minimum Gasteiger partial charge on any atom is -0.455 e. The van der Waals surface area contributed by atoms with Crippen molar-refractivity contribution in [2.24, 2.45) is 17.3 Å². The van der Waals surface area contributed by atoms with Crippen molar-refractivity contribution in [3.63, 3.8) is 0 Å². The van der Waals surface area contributed by atoms with Crippen LogP contribution in [0.5, 0.6) is 0 Å². The second kappa shape index (κ2) is 4.82. The van der Waals surface area contributed by atoms with E-state index >= 15 is 0 Å². The number of nitrogens with zero attached hydrogens (tertiary/aromatic N) is 1. The molecule has 5 nitrogen and oxygen atoms in total. The SMILES string of the molecule is O=C(OCc1nc2ccccc2o1)C12C[C@@H]3C[C@@H](CC(O)(C3)C1)C2. The van der Waals surface area contributed by atoms with Gasteiger partial charge in [-0.25, -0.2) is 4.98 Å². The van der Waals surface area contributed by atoms with Gasteiger partial charge in [0.25, 0.3) is 0 Å². The molecule has 24 heavy (non-hydrogen) atoms. The van der Waals surface area contributed by atoms with Gasteiger partial charge >= 0.3 is 5.97 Å². The van der Waals surface area contributed by atoms with Crippen molar-refractivity contribution in [2.45, 2.75) is 50.7 Å². The highest BCUT2D eigenvalue weighted by Gasteiger charge is 2.60. The number of aliphatic hydroxyl groups is 1. The summed E-state index contributed by atoms with van der Waals surface area (Å²) in [5.41, 5.74) is 0.325. The fraction of sp³-hybridized carbons (Fsp3) is 0.579. The van der Waals surface area contributed by atoms with Crippen LogP contribution in [0.1, 0.15) is 44.4 Å². The highest BCUT2D eigenvalue weighted by atomic mass is 16.5. The smallest absolute Gasteiger partial charge is 0.312 e. The van der Waals surface area contributed by atoms with Gasteiger partial charge in [0.2, 0.25) is 5.89 Å². The molecule has 0 amide bonds. The van der Waals surface area contributed by atoms with E-state index in [1.807, 2.05) is 24.3 Å². The predicted molar refractivity (Wildman–Crippen MR) is 85.9 cm³/mol. The fourth-order valence-corrected chi connectivity index (χ4v) is 5.72. The summed E-state index contributed by atoms with van der Waals surface area (Å²) < 4.78 is 11.2. The first-order chi connectivity index (χ1) is 11.5. The summed E-state index contributed by atoms with van der Waals surface area (Å²) in [7, 11) is 0. The van der Waals surface area contributed by atoms with Crippen molar-refractivity contribution in [1.82, 2.24) is 4.98 Å². The van der Waals surface area contributed by atoms with E-state index in [2.05, 4.69) is 4.98 Å². The summed E-state index contributed by atoms with van der Waals surface area (Å²) in [5.74, 6) is 1.17. The molecule has 1 aromatic heterocycles. The Morgan fingerprint density at radius 3 is 2.71 bits per heavy atom. The molecule has 5 heteroatoms. The fourth-order valence-electron chi connectivity index (χ4n) is 5.72. The molecule has 0 spiro atoms. The largest absolute Gasteiger partial charge is 0.455 e. The van der Waals surface area contributed by atoms with Crippen LogP contribution in [-0.4, -0.2) is 21.7 Å². The normalized spacial score (nSPS) is 37.0. The standard InChI is InChI=1S/C19H21NO4/c21-17(23-10-16-20-14-3-1-2-4-15(14)24-16)18-6-12-5-13(7-18)9-19(22,8-12)11-18/h1-4,12-13,22H,5-11H2/t12-,13+,18?,19?. The van der Waals surface area contributed by atoms with Crippen molar-refractivity contribution in [1.29, 1.82) is 0 Å². The molecule has 4 atom stereocenters. The number of ether oxygens (including phenoxy) is 1. The lowest BCUT2D eigenvalue weighted by atomic mass is 9.48. The number of aromatic nitrogens is 1. The van der Waals surface area contributed by atoms with E-state index in [9.17, 15) is 9.90 Å². The first-order valence-corrected chi connectivity index (χ1v) is 8.78. The molecule has 1 aromatic carbocycles. The third-order valence-electron chi connectivity index (χ3n) is 6.13. The summed E-state index contributed by atoms with van der Waals surface area (Å²) in [4.78, 5) is 17.2. The maximum atomic E-state index is 12.8. The minimum atomic E-state index is -0.652. The van der Waals surface area contributed by atoms with Crippen molar-refractivity contribution in [3.8, 4) is 0 Å². The van der Waals surface area contributed by atoms with Gasteiger partial charge in [-0.1, -0.05) is 12.1 Å². The van der Waals surface area contributed by atoms with E-state index < -0.39 is 11.0 Å². The van der Waals surface area contributed by atoms with E-state index in [0.717, 1.165) is 37.6 Å². The summed E-state index contributed by atoms with van der Waals surface area (Å²) in [6.45, 7) is 0.0586. The lowest BCUT2D eigenvalue weighted by Crippen LogP contribution is -2.58. The van der Waals surface area contributed by atoms with E-state index in [1.54, 1.807) is 0 Å². The Hall–Kier alpha value is -1.88. The van der Waals surface area contributed by atoms with E-state index in [-0.39, 0.29) is 12.6 Å². The molecule has 126 valence electrons. The molecular formula is C19H21NO4. The number of carbonyl (C=O) groups excluding carboxylic acids is 1. The molecule has 0 aliphatic heterocycles. The Balaban J connectivity index is 1.33. The van der Waals surface area contributed by atoms with Crippen LogP contribution in [0.15, 0.2) is 28.7 Å². The van der Waals surface area contributed by atoms with Crippen molar-refractivity contribution < 1.29 is 19.1 Å². The van der Waals surface area contributed by atoms with Gasteiger partial charge < -0.3 is 14.3 Å². The van der Waals surface area contributed by atoms with Gasteiger partial charge in [-0.2, -0.15) is 0 Å². The number of esters is 1. The zero-order chi connectivity index (χ0) is 16.4. The van der Waals surface area contributed by atoms with Crippen LogP contribution < -0.4 is 0 Å². The summed E-state index contributed by atoms with van der Waals surface area (Å²) in [6.07, 6.45) is 5.13. The van der Waals surface area contributed by atoms with Crippen LogP contribution in [0.25, 0.3) is 11.1 Å². The molecule has 4 bridgehead atoms. The molecule has 1 N–H and O–H groups in total. The van der Waals surface area contributed by atoms with Crippen LogP contribution in [0.4, 0.5) is 0 Å². The van der Waals surface area contributed by atoms with Gasteiger partial charge in [-0.3, -0.25) is 4.79 Å². The Morgan fingerprint density at radius 1 is 1.25 bits per heavy atom. The number of benzene rings is 1. The molecule has 4 saturated carbocycles. The number of hydrogen-bond donors (Lipinski definition) is 1. The van der Waals surface area contributed by atoms with Crippen LogP contribution in [0, 0.1) is 17.3 Å². The zero-order valence-corrected chi connectivity index (χ0v) is 13.5. The molecule has 0 radical (unpaired) electrons. The Labute approximate surface area is 140 Å². The topological polar surface area (TPSA) is 72.6 Å². The first-order valence-electron chi connectivity index (χ1n) is 8.78. The highest BCUT2D eigenvalue weighted by Crippen LogP contribution is 2.62. The molecule has 1 heterocycles. The molecule has 0 saturated heterocycles. The van der Waals surface area contributed by atoms with E-state index in [0.29, 0.717) is 29.7 Å². The molecule has 2 aromatic rings. The molecule has 2 unspecified atom stereocenters. The van der Waals surface area contributed by atoms with Gasteiger partial charge in [-0.15, -0.1) is 0 Å². The van der Waals surface area contributed by atoms with Crippen LogP contribution in [0.3, 0.4) is 0 Å². The average molecular weight is 327 g/mol. The monoisotopic (exact) mass is 327 g/mol. The maximum Gasteiger partial charge on any atom is 0.312 e. The van der Waals surface area contributed by atoms with Crippen molar-refractivity contribution >= 4 is 17.1 Å². The third-order valence-corrected chi connectivity index (χ3v) is 6.13. The lowest BCUT2D eigenvalue weighted by Gasteiger charge is -2.58. The Bertz CT molecular complexity index is 764. The van der Waals surface area contributed by atoms with Gasteiger partial charge in [0.15, 0.2) is 12.2 Å². The molecule has 4 fully saturated rings. The first kappa shape index (κ1) is 14.5. The van der Waals surface area contributed by atoms with Gasteiger partial charge in [0.05, 0.1) is 11.0 Å². The third kappa shape index (κ3) is 2.18. The Morgan fingerprint density at radius 2 is 2.00 bits per heavy atom. The molecular weight excluding hydrogens is 306 g/mol. The number of carbonyl (C=O) groups is 1. The quantitative estimate of drug-likeness (QED) is 0.877. The lowest BCUT2D eigenvalue weighted by molar-refractivity contribution is -0.197. The average Bonchev–Trinajstić information content (AvgIpc) is 2.93. The van der Waals surface area contributed by atoms with Gasteiger partial charge in [0.1, 0.15) is 5.52 Å². The Kier molecular flexibility index (Phi) is 2.90. The number of hydrogen-bond acceptors (Lipinski definition) is 5. The molecule has 6 rings (SSSR count). The van der Waals surface area contributed by atoms with Crippen molar-refractivity contribution in [2.75, 3.05) is 0 Å². The van der Waals surface area contributed by atoms with Crippen LogP contribution in [0.2, 0.25) is 0 Å². The number of oxazole rings is 1. The zero-order valence-electron chi connectivity index (χ0n) is 13.5. The van der Waals surface area contributed by atoms with E-state index in [1.165, 1.54) is 0 Å². The summed E-state index contributed by atoms with van der Waals surface area (Å²) in [6, 6.07) is 7.51. The minimum absolute atomic E-state index is 0.0586. The predicted octanol–water partition coefficient (Wildman–Crippen LogP) is 3.20. The van der Waals surface area contributed by atoms with E-state index in [4.69, 9.17) is 9.15 Å². The number of rotatable bonds is 3. The number of para-hydroxylation sites is 2. The molecule has 4 aliphatic carbocycles. The van der Waals surface area contributed by atoms with Crippen molar-refractivity contribution in [3.05, 3.63) is 30.2 Å². The maximum absolute atomic E-state index is 12.8. The summed E-state index contributed by atoms with van der Waals surface area (Å²) in [5, 5.41) is 10.8. The van der Waals surface area contributed by atoms with Crippen LogP contribution in [-0.2, 0) is 16.1 Å².